The van der Waals surface area contributed by atoms with Crippen LogP contribution in [0.25, 0.3) is 0 Å². The number of rotatable bonds is 9. The Morgan fingerprint density at radius 3 is 2.46 bits per heavy atom. The lowest BCUT2D eigenvalue weighted by atomic mass is 10.1. The maximum atomic E-state index is 12.0. The molecule has 6 heteroatoms. The zero-order valence-corrected chi connectivity index (χ0v) is 15.2. The number of hydrogen-bond donors (Lipinski definition) is 2. The Balaban J connectivity index is 1.55. The second kappa shape index (κ2) is 11.1. The minimum absolute atomic E-state index is 0.114. The van der Waals surface area contributed by atoms with E-state index in [1.165, 1.54) is 0 Å². The minimum Gasteiger partial charge on any atom is -0.352 e. The SMILES string of the molecule is O=C(CCCCCNC(=O)c1ccccc1Cl)NN=Cc1ccccc1. The van der Waals surface area contributed by atoms with Crippen LogP contribution in [0.3, 0.4) is 0 Å². The number of amides is 2. The van der Waals surface area contributed by atoms with E-state index in [1.807, 2.05) is 30.3 Å². The van der Waals surface area contributed by atoms with Crippen LogP contribution in [0, 0.1) is 0 Å². The first-order valence-electron chi connectivity index (χ1n) is 8.56. The van der Waals surface area contributed by atoms with Crippen molar-refractivity contribution in [2.45, 2.75) is 25.7 Å². The van der Waals surface area contributed by atoms with Gasteiger partial charge in [-0.05, 0) is 30.5 Å². The maximum Gasteiger partial charge on any atom is 0.252 e. The lowest BCUT2D eigenvalue weighted by Crippen LogP contribution is -2.24. The first kappa shape index (κ1) is 19.7. The predicted octanol–water partition coefficient (Wildman–Crippen LogP) is 3.78. The number of unbranched alkanes of at least 4 members (excludes halogenated alkanes) is 2. The molecule has 5 nitrogen and oxygen atoms in total. The molecule has 2 aromatic carbocycles. The lowest BCUT2D eigenvalue weighted by Gasteiger charge is -2.06. The van der Waals surface area contributed by atoms with Crippen molar-refractivity contribution >= 4 is 29.6 Å². The van der Waals surface area contributed by atoms with E-state index in [0.717, 1.165) is 24.8 Å². The highest BCUT2D eigenvalue weighted by Crippen LogP contribution is 2.14. The monoisotopic (exact) mass is 371 g/mol. The van der Waals surface area contributed by atoms with Crippen LogP contribution in [0.1, 0.15) is 41.6 Å². The van der Waals surface area contributed by atoms with Gasteiger partial charge in [0.05, 0.1) is 16.8 Å². The van der Waals surface area contributed by atoms with Crippen molar-refractivity contribution < 1.29 is 9.59 Å². The number of benzene rings is 2. The molecule has 0 aliphatic carbocycles. The van der Waals surface area contributed by atoms with Crippen molar-refractivity contribution in [1.82, 2.24) is 10.7 Å². The van der Waals surface area contributed by atoms with Gasteiger partial charge in [0.15, 0.2) is 0 Å². The highest BCUT2D eigenvalue weighted by Gasteiger charge is 2.08. The van der Waals surface area contributed by atoms with Crippen LogP contribution in [0.15, 0.2) is 59.7 Å². The van der Waals surface area contributed by atoms with Crippen LogP contribution in [0.5, 0.6) is 0 Å². The Bertz CT molecular complexity index is 748. The number of nitrogens with zero attached hydrogens (tertiary/aromatic N) is 1. The molecular weight excluding hydrogens is 350 g/mol. The first-order valence-corrected chi connectivity index (χ1v) is 8.94. The summed E-state index contributed by atoms with van der Waals surface area (Å²) >= 11 is 5.98. The van der Waals surface area contributed by atoms with Crippen molar-refractivity contribution in [3.8, 4) is 0 Å². The van der Waals surface area contributed by atoms with E-state index in [9.17, 15) is 9.59 Å². The topological polar surface area (TPSA) is 70.6 Å². The molecule has 2 aromatic rings. The highest BCUT2D eigenvalue weighted by molar-refractivity contribution is 6.33. The van der Waals surface area contributed by atoms with Crippen LogP contribution >= 0.6 is 11.6 Å². The number of halogens is 1. The van der Waals surface area contributed by atoms with E-state index in [0.29, 0.717) is 23.6 Å². The molecule has 0 saturated heterocycles. The molecule has 0 atom stereocenters. The van der Waals surface area contributed by atoms with Gasteiger partial charge in [-0.3, -0.25) is 9.59 Å². The Morgan fingerprint density at radius 1 is 0.962 bits per heavy atom. The number of carbonyl (C=O) groups excluding carboxylic acids is 2. The van der Waals surface area contributed by atoms with Gasteiger partial charge in [-0.1, -0.05) is 60.5 Å². The second-order valence-electron chi connectivity index (χ2n) is 5.75. The van der Waals surface area contributed by atoms with Crippen molar-refractivity contribution in [3.05, 3.63) is 70.7 Å². The number of nitrogens with one attached hydrogen (secondary N) is 2. The fraction of sp³-hybridized carbons (Fsp3) is 0.250. The molecule has 0 fully saturated rings. The van der Waals surface area contributed by atoms with Crippen molar-refractivity contribution in [1.29, 1.82) is 0 Å². The molecule has 2 rings (SSSR count). The third-order valence-electron chi connectivity index (χ3n) is 3.69. The Hall–Kier alpha value is -2.66. The maximum absolute atomic E-state index is 12.0. The summed E-state index contributed by atoms with van der Waals surface area (Å²) in [6.45, 7) is 0.553. The molecule has 0 spiro atoms. The molecule has 2 amide bonds. The van der Waals surface area contributed by atoms with Gasteiger partial charge in [0.1, 0.15) is 0 Å². The summed E-state index contributed by atoms with van der Waals surface area (Å²) in [5, 5.41) is 7.20. The summed E-state index contributed by atoms with van der Waals surface area (Å²) in [5.41, 5.74) is 3.92. The third kappa shape index (κ3) is 7.07. The van der Waals surface area contributed by atoms with Gasteiger partial charge in [-0.25, -0.2) is 5.43 Å². The summed E-state index contributed by atoms with van der Waals surface area (Å²) in [5.74, 6) is -0.291. The molecule has 0 saturated carbocycles. The van der Waals surface area contributed by atoms with Crippen LogP contribution in [-0.4, -0.2) is 24.6 Å². The molecule has 0 radical (unpaired) electrons. The third-order valence-corrected chi connectivity index (χ3v) is 4.02. The van der Waals surface area contributed by atoms with Crippen molar-refractivity contribution in [2.75, 3.05) is 6.54 Å². The summed E-state index contributed by atoms with van der Waals surface area (Å²) in [6.07, 6.45) is 4.41. The number of hydrogen-bond acceptors (Lipinski definition) is 3. The molecule has 0 aliphatic heterocycles. The molecule has 0 bridgehead atoms. The second-order valence-corrected chi connectivity index (χ2v) is 6.16. The minimum atomic E-state index is -0.177. The van der Waals surface area contributed by atoms with Crippen molar-refractivity contribution in [3.63, 3.8) is 0 Å². The fourth-order valence-corrected chi connectivity index (χ4v) is 2.53. The summed E-state index contributed by atoms with van der Waals surface area (Å²) in [7, 11) is 0. The average molecular weight is 372 g/mol. The summed E-state index contributed by atoms with van der Waals surface area (Å²) < 4.78 is 0. The Morgan fingerprint density at radius 2 is 1.69 bits per heavy atom. The van der Waals surface area contributed by atoms with Gasteiger partial charge in [0, 0.05) is 13.0 Å². The quantitative estimate of drug-likeness (QED) is 0.400. The van der Waals surface area contributed by atoms with Crippen LogP contribution < -0.4 is 10.7 Å². The molecule has 0 aliphatic rings. The van der Waals surface area contributed by atoms with Gasteiger partial charge >= 0.3 is 0 Å². The van der Waals surface area contributed by atoms with E-state index in [2.05, 4.69) is 15.8 Å². The van der Waals surface area contributed by atoms with Gasteiger partial charge < -0.3 is 5.32 Å². The standard InChI is InChI=1S/C20H22ClN3O2/c21-18-12-7-6-11-17(18)20(26)22-14-8-2-5-13-19(25)24-23-15-16-9-3-1-4-10-16/h1,3-4,6-7,9-12,15H,2,5,8,13-14H2,(H,22,26)(H,24,25). The zero-order valence-electron chi connectivity index (χ0n) is 14.5. The molecule has 0 unspecified atom stereocenters. The van der Waals surface area contributed by atoms with E-state index in [1.54, 1.807) is 30.5 Å². The van der Waals surface area contributed by atoms with E-state index in [4.69, 9.17) is 11.6 Å². The Labute approximate surface area is 158 Å². The lowest BCUT2D eigenvalue weighted by molar-refractivity contribution is -0.121. The first-order chi connectivity index (χ1) is 12.7. The van der Waals surface area contributed by atoms with Crippen molar-refractivity contribution in [2.24, 2.45) is 5.10 Å². The summed E-state index contributed by atoms with van der Waals surface area (Å²) in [6, 6.07) is 16.5. The molecule has 26 heavy (non-hydrogen) atoms. The smallest absolute Gasteiger partial charge is 0.252 e. The fourth-order valence-electron chi connectivity index (χ4n) is 2.30. The predicted molar refractivity (Wildman–Crippen MR) is 104 cm³/mol. The summed E-state index contributed by atoms with van der Waals surface area (Å²) in [4.78, 5) is 23.7. The van der Waals surface area contributed by atoms with Crippen LogP contribution in [0.4, 0.5) is 0 Å². The number of carbonyl (C=O) groups is 2. The highest BCUT2D eigenvalue weighted by atomic mass is 35.5. The molecule has 2 N–H and O–H groups in total. The number of hydrazone groups is 1. The molecule has 0 aromatic heterocycles. The van der Waals surface area contributed by atoms with E-state index < -0.39 is 0 Å². The molecule has 136 valence electrons. The zero-order chi connectivity index (χ0) is 18.6. The van der Waals surface area contributed by atoms with Crippen LogP contribution in [-0.2, 0) is 4.79 Å². The van der Waals surface area contributed by atoms with Gasteiger partial charge in [-0.2, -0.15) is 5.10 Å². The molecule has 0 heterocycles. The largest absolute Gasteiger partial charge is 0.352 e. The van der Waals surface area contributed by atoms with Gasteiger partial charge in [0.25, 0.3) is 5.91 Å². The normalized spacial score (nSPS) is 10.7. The molecular formula is C20H22ClN3O2. The van der Waals surface area contributed by atoms with E-state index in [-0.39, 0.29) is 11.8 Å². The van der Waals surface area contributed by atoms with Gasteiger partial charge in [0.2, 0.25) is 5.91 Å². The van der Waals surface area contributed by atoms with Crippen LogP contribution in [0.2, 0.25) is 5.02 Å². The average Bonchev–Trinajstić information content (AvgIpc) is 2.65. The van der Waals surface area contributed by atoms with Gasteiger partial charge in [-0.15, -0.1) is 0 Å². The Kier molecular flexibility index (Phi) is 8.36. The van der Waals surface area contributed by atoms with E-state index >= 15 is 0 Å².